The van der Waals surface area contributed by atoms with Gasteiger partial charge in [0.15, 0.2) is 0 Å². The van der Waals surface area contributed by atoms with Crippen LogP contribution in [0.1, 0.15) is 0 Å². The number of hydrogen-bond donors (Lipinski definition) is 0. The first-order valence-corrected chi connectivity index (χ1v) is 3.90. The highest BCUT2D eigenvalue weighted by molar-refractivity contribution is 6.18. The Morgan fingerprint density at radius 1 is 1.42 bits per heavy atom. The molecule has 0 N–H and O–H groups in total. The Morgan fingerprint density at radius 3 is 2.58 bits per heavy atom. The fourth-order valence-electron chi connectivity index (χ4n) is 0.855. The molecule has 12 heavy (non-hydrogen) atoms. The highest BCUT2D eigenvalue weighted by atomic mass is 35.5. The third kappa shape index (κ3) is 1.85. The number of alkyl halides is 1. The molecular formula is C8H8ClF2N. The summed E-state index contributed by atoms with van der Waals surface area (Å²) < 4.78 is 25.4. The molecular weight excluding hydrogens is 184 g/mol. The van der Waals surface area contributed by atoms with Crippen LogP contribution >= 0.6 is 11.6 Å². The van der Waals surface area contributed by atoms with Crippen molar-refractivity contribution in [3.8, 4) is 0 Å². The summed E-state index contributed by atoms with van der Waals surface area (Å²) in [4.78, 5) is 1.48. The zero-order valence-electron chi connectivity index (χ0n) is 6.52. The summed E-state index contributed by atoms with van der Waals surface area (Å²) in [7, 11) is 1.63. The number of nitrogens with zero attached hydrogens (tertiary/aromatic N) is 1. The second kappa shape index (κ2) is 3.72. The minimum Gasteiger partial charge on any atom is -0.358 e. The van der Waals surface area contributed by atoms with Crippen LogP contribution in [0.5, 0.6) is 0 Å². The van der Waals surface area contributed by atoms with Crippen LogP contribution in [0.3, 0.4) is 0 Å². The van der Waals surface area contributed by atoms with E-state index in [-0.39, 0.29) is 6.00 Å². The summed E-state index contributed by atoms with van der Waals surface area (Å²) in [6.07, 6.45) is 0. The molecule has 1 rings (SSSR count). The Labute approximate surface area is 74.6 Å². The lowest BCUT2D eigenvalue weighted by Crippen LogP contribution is -2.15. The van der Waals surface area contributed by atoms with Crippen LogP contribution in [0.4, 0.5) is 14.5 Å². The average molecular weight is 192 g/mol. The highest BCUT2D eigenvalue weighted by Crippen LogP contribution is 2.18. The van der Waals surface area contributed by atoms with Crippen LogP contribution in [-0.2, 0) is 0 Å². The van der Waals surface area contributed by atoms with E-state index in [2.05, 4.69) is 0 Å². The molecule has 1 aromatic carbocycles. The van der Waals surface area contributed by atoms with Crippen molar-refractivity contribution in [3.05, 3.63) is 29.8 Å². The van der Waals surface area contributed by atoms with Crippen LogP contribution in [0.25, 0.3) is 0 Å². The van der Waals surface area contributed by atoms with Gasteiger partial charge in [-0.15, -0.1) is 11.6 Å². The van der Waals surface area contributed by atoms with Gasteiger partial charge in [0.1, 0.15) is 11.6 Å². The minimum atomic E-state index is -0.599. The van der Waals surface area contributed by atoms with Gasteiger partial charge in [-0.2, -0.15) is 0 Å². The lowest BCUT2D eigenvalue weighted by molar-refractivity contribution is 0.582. The topological polar surface area (TPSA) is 3.24 Å². The molecule has 0 amide bonds. The average Bonchev–Trinajstić information content (AvgIpc) is 2.03. The Kier molecular flexibility index (Phi) is 2.87. The van der Waals surface area contributed by atoms with Crippen molar-refractivity contribution in [2.24, 2.45) is 0 Å². The molecule has 0 unspecified atom stereocenters. The number of halogens is 3. The van der Waals surface area contributed by atoms with Gasteiger partial charge in [-0.05, 0) is 12.1 Å². The first-order valence-electron chi connectivity index (χ1n) is 3.37. The van der Waals surface area contributed by atoms with E-state index in [0.29, 0.717) is 5.69 Å². The summed E-state index contributed by atoms with van der Waals surface area (Å²) in [5.41, 5.74) is 0.298. The molecule has 0 fully saturated rings. The van der Waals surface area contributed by atoms with Gasteiger partial charge < -0.3 is 4.90 Å². The third-order valence-corrected chi connectivity index (χ3v) is 1.86. The van der Waals surface area contributed by atoms with E-state index in [9.17, 15) is 8.78 Å². The molecule has 1 aromatic rings. The quantitative estimate of drug-likeness (QED) is 0.513. The van der Waals surface area contributed by atoms with Crippen LogP contribution in [0.2, 0.25) is 0 Å². The van der Waals surface area contributed by atoms with Gasteiger partial charge >= 0.3 is 0 Å². The van der Waals surface area contributed by atoms with E-state index < -0.39 is 11.6 Å². The third-order valence-electron chi connectivity index (χ3n) is 1.50. The van der Waals surface area contributed by atoms with Crippen LogP contribution < -0.4 is 4.90 Å². The predicted octanol–water partition coefficient (Wildman–Crippen LogP) is 2.60. The summed E-state index contributed by atoms with van der Waals surface area (Å²) in [6, 6.07) is 3.55. The van der Waals surface area contributed by atoms with Gasteiger partial charge in [0.05, 0.1) is 11.7 Å². The Bertz CT molecular complexity index is 278. The Hall–Kier alpha value is -0.830. The zero-order valence-corrected chi connectivity index (χ0v) is 7.28. The van der Waals surface area contributed by atoms with Crippen molar-refractivity contribution >= 4 is 17.3 Å². The molecule has 0 bridgehead atoms. The molecule has 0 aliphatic carbocycles. The fourth-order valence-corrected chi connectivity index (χ4v) is 0.984. The van der Waals surface area contributed by atoms with Gasteiger partial charge in [0.2, 0.25) is 0 Å². The molecule has 0 aromatic heterocycles. The first kappa shape index (κ1) is 9.26. The van der Waals surface area contributed by atoms with E-state index >= 15 is 0 Å². The minimum absolute atomic E-state index is 0.169. The van der Waals surface area contributed by atoms with Crippen molar-refractivity contribution in [2.75, 3.05) is 18.0 Å². The molecule has 1 nitrogen and oxygen atoms in total. The maximum atomic E-state index is 12.9. The lowest BCUT2D eigenvalue weighted by Gasteiger charge is -2.15. The Morgan fingerprint density at radius 2 is 2.08 bits per heavy atom. The van der Waals surface area contributed by atoms with E-state index in [1.807, 2.05) is 0 Å². The number of anilines is 1. The number of hydrogen-bond acceptors (Lipinski definition) is 1. The van der Waals surface area contributed by atoms with E-state index in [1.54, 1.807) is 7.05 Å². The standard InChI is InChI=1S/C8H8ClF2N/c1-12(5-9)8-3-2-6(10)4-7(8)11/h2-4H,5H2,1H3. The van der Waals surface area contributed by atoms with E-state index in [0.717, 1.165) is 6.07 Å². The van der Waals surface area contributed by atoms with Crippen LogP contribution in [0.15, 0.2) is 18.2 Å². The molecule has 0 spiro atoms. The van der Waals surface area contributed by atoms with Gasteiger partial charge in [0.25, 0.3) is 0 Å². The maximum absolute atomic E-state index is 12.9. The highest BCUT2D eigenvalue weighted by Gasteiger charge is 2.06. The normalized spacial score (nSPS) is 10.0. The lowest BCUT2D eigenvalue weighted by atomic mass is 10.3. The van der Waals surface area contributed by atoms with Crippen molar-refractivity contribution in [3.63, 3.8) is 0 Å². The van der Waals surface area contributed by atoms with Crippen molar-refractivity contribution in [1.29, 1.82) is 0 Å². The molecule has 0 radical (unpaired) electrons. The summed E-state index contributed by atoms with van der Waals surface area (Å²) in [5, 5.41) is 0. The monoisotopic (exact) mass is 191 g/mol. The van der Waals surface area contributed by atoms with Gasteiger partial charge in [0, 0.05) is 13.1 Å². The van der Waals surface area contributed by atoms with E-state index in [1.165, 1.54) is 17.0 Å². The second-order valence-corrected chi connectivity index (χ2v) is 2.65. The van der Waals surface area contributed by atoms with Gasteiger partial charge in [-0.25, -0.2) is 8.78 Å². The summed E-state index contributed by atoms with van der Waals surface area (Å²) in [6.45, 7) is 0. The Balaban J connectivity index is 3.01. The molecule has 4 heteroatoms. The maximum Gasteiger partial charge on any atom is 0.149 e. The molecule has 0 atom stereocenters. The van der Waals surface area contributed by atoms with Crippen LogP contribution in [-0.4, -0.2) is 13.1 Å². The molecule has 0 aliphatic heterocycles. The summed E-state index contributed by atoms with van der Waals surface area (Å²) in [5.74, 6) is -1.18. The molecule has 0 aliphatic rings. The predicted molar refractivity (Wildman–Crippen MR) is 45.5 cm³/mol. The van der Waals surface area contributed by atoms with Crippen LogP contribution in [0, 0.1) is 11.6 Å². The van der Waals surface area contributed by atoms with Crippen molar-refractivity contribution < 1.29 is 8.78 Å². The number of rotatable bonds is 2. The molecule has 0 heterocycles. The summed E-state index contributed by atoms with van der Waals surface area (Å²) >= 11 is 5.46. The van der Waals surface area contributed by atoms with Gasteiger partial charge in [-0.3, -0.25) is 0 Å². The van der Waals surface area contributed by atoms with Crippen molar-refractivity contribution in [2.45, 2.75) is 0 Å². The molecule has 0 saturated carbocycles. The zero-order chi connectivity index (χ0) is 9.14. The fraction of sp³-hybridized carbons (Fsp3) is 0.250. The largest absolute Gasteiger partial charge is 0.358 e. The number of benzene rings is 1. The smallest absolute Gasteiger partial charge is 0.149 e. The second-order valence-electron chi connectivity index (χ2n) is 2.41. The van der Waals surface area contributed by atoms with Crippen molar-refractivity contribution in [1.82, 2.24) is 0 Å². The molecule has 66 valence electrons. The SMILES string of the molecule is CN(CCl)c1ccc(F)cc1F. The first-order chi connectivity index (χ1) is 5.65. The molecule has 0 saturated heterocycles. The van der Waals surface area contributed by atoms with E-state index in [4.69, 9.17) is 11.6 Å². The van der Waals surface area contributed by atoms with Gasteiger partial charge in [-0.1, -0.05) is 0 Å².